The summed E-state index contributed by atoms with van der Waals surface area (Å²) in [6.07, 6.45) is -0.217. The van der Waals surface area contributed by atoms with Gasteiger partial charge in [-0.05, 0) is 23.8 Å². The summed E-state index contributed by atoms with van der Waals surface area (Å²) in [6, 6.07) is 5.22. The molecular formula is C11H9Cl2NOS. The van der Waals surface area contributed by atoms with E-state index in [9.17, 15) is 5.11 Å². The SMILES string of the molecule is OC(Cc1cc(Cl)ccc1Cl)c1cscn1. The molecule has 1 N–H and O–H groups in total. The van der Waals surface area contributed by atoms with Crippen molar-refractivity contribution in [2.45, 2.75) is 12.5 Å². The maximum Gasteiger partial charge on any atom is 0.101 e. The zero-order valence-corrected chi connectivity index (χ0v) is 10.6. The molecule has 0 radical (unpaired) electrons. The van der Waals surface area contributed by atoms with Gasteiger partial charge in [0.15, 0.2) is 0 Å². The molecule has 0 aliphatic heterocycles. The Hall–Kier alpha value is -0.610. The molecule has 2 aromatic rings. The molecule has 0 fully saturated rings. The Morgan fingerprint density at radius 1 is 1.38 bits per heavy atom. The number of hydrogen-bond acceptors (Lipinski definition) is 3. The van der Waals surface area contributed by atoms with Gasteiger partial charge in [-0.15, -0.1) is 11.3 Å². The van der Waals surface area contributed by atoms with Gasteiger partial charge in [0, 0.05) is 21.8 Å². The largest absolute Gasteiger partial charge is 0.386 e. The summed E-state index contributed by atoms with van der Waals surface area (Å²) in [6.45, 7) is 0. The summed E-state index contributed by atoms with van der Waals surface area (Å²) in [7, 11) is 0. The molecule has 0 spiro atoms. The van der Waals surface area contributed by atoms with Gasteiger partial charge in [-0.25, -0.2) is 4.98 Å². The second kappa shape index (κ2) is 5.15. The molecule has 0 amide bonds. The van der Waals surface area contributed by atoms with Gasteiger partial charge in [-0.2, -0.15) is 0 Å². The Balaban J connectivity index is 2.17. The Morgan fingerprint density at radius 2 is 2.19 bits per heavy atom. The van der Waals surface area contributed by atoms with Gasteiger partial charge in [0.2, 0.25) is 0 Å². The number of aromatic nitrogens is 1. The Morgan fingerprint density at radius 3 is 2.88 bits per heavy atom. The van der Waals surface area contributed by atoms with Crippen LogP contribution in [0.5, 0.6) is 0 Å². The third-order valence-electron chi connectivity index (χ3n) is 2.21. The Kier molecular flexibility index (Phi) is 3.82. The van der Waals surface area contributed by atoms with Crippen LogP contribution in [0.3, 0.4) is 0 Å². The van der Waals surface area contributed by atoms with E-state index in [4.69, 9.17) is 23.2 Å². The minimum absolute atomic E-state index is 0.420. The fourth-order valence-corrected chi connectivity index (χ4v) is 2.39. The van der Waals surface area contributed by atoms with Crippen LogP contribution in [0.15, 0.2) is 29.1 Å². The van der Waals surface area contributed by atoms with Gasteiger partial charge in [0.1, 0.15) is 6.10 Å². The Labute approximate surface area is 107 Å². The summed E-state index contributed by atoms with van der Waals surface area (Å²) in [5.41, 5.74) is 3.19. The van der Waals surface area contributed by atoms with Crippen LogP contribution in [-0.4, -0.2) is 10.1 Å². The number of aliphatic hydroxyl groups excluding tert-OH is 1. The lowest BCUT2D eigenvalue weighted by Crippen LogP contribution is -2.02. The predicted octanol–water partition coefficient (Wildman–Crippen LogP) is 3.73. The number of halogens is 2. The van der Waals surface area contributed by atoms with Crippen LogP contribution < -0.4 is 0 Å². The quantitative estimate of drug-likeness (QED) is 0.925. The number of aliphatic hydroxyl groups is 1. The second-order valence-corrected chi connectivity index (χ2v) is 4.93. The molecule has 1 aromatic carbocycles. The highest BCUT2D eigenvalue weighted by molar-refractivity contribution is 7.07. The molecule has 1 unspecified atom stereocenters. The van der Waals surface area contributed by atoms with Crippen molar-refractivity contribution >= 4 is 34.5 Å². The van der Waals surface area contributed by atoms with Gasteiger partial charge in [-0.1, -0.05) is 23.2 Å². The molecule has 2 rings (SSSR count). The van der Waals surface area contributed by atoms with Gasteiger partial charge >= 0.3 is 0 Å². The molecule has 16 heavy (non-hydrogen) atoms. The first kappa shape index (κ1) is 11.9. The van der Waals surface area contributed by atoms with Crippen molar-refractivity contribution in [2.75, 3.05) is 0 Å². The summed E-state index contributed by atoms with van der Waals surface area (Å²) < 4.78 is 0. The zero-order valence-electron chi connectivity index (χ0n) is 8.23. The van der Waals surface area contributed by atoms with Gasteiger partial charge < -0.3 is 5.11 Å². The third-order valence-corrected chi connectivity index (χ3v) is 3.42. The van der Waals surface area contributed by atoms with Crippen LogP contribution in [0.2, 0.25) is 10.0 Å². The third kappa shape index (κ3) is 2.74. The van der Waals surface area contributed by atoms with E-state index in [0.29, 0.717) is 22.2 Å². The van der Waals surface area contributed by atoms with E-state index in [1.54, 1.807) is 23.7 Å². The van der Waals surface area contributed by atoms with Crippen molar-refractivity contribution in [3.05, 3.63) is 50.4 Å². The van der Waals surface area contributed by atoms with Crippen LogP contribution in [0.4, 0.5) is 0 Å². The molecule has 0 saturated heterocycles. The van der Waals surface area contributed by atoms with Crippen LogP contribution >= 0.6 is 34.5 Å². The normalized spacial score (nSPS) is 12.7. The van der Waals surface area contributed by atoms with E-state index < -0.39 is 6.10 Å². The monoisotopic (exact) mass is 273 g/mol. The minimum atomic E-state index is -0.637. The maximum absolute atomic E-state index is 9.92. The lowest BCUT2D eigenvalue weighted by Gasteiger charge is -2.09. The molecule has 2 nitrogen and oxygen atoms in total. The molecule has 1 heterocycles. The average Bonchev–Trinajstić information content (AvgIpc) is 2.76. The van der Waals surface area contributed by atoms with Gasteiger partial charge in [-0.3, -0.25) is 0 Å². The minimum Gasteiger partial charge on any atom is -0.386 e. The van der Waals surface area contributed by atoms with E-state index in [2.05, 4.69) is 4.98 Å². The van der Waals surface area contributed by atoms with E-state index >= 15 is 0 Å². The highest BCUT2D eigenvalue weighted by atomic mass is 35.5. The van der Waals surface area contributed by atoms with Crippen LogP contribution in [0, 0.1) is 0 Å². The topological polar surface area (TPSA) is 33.1 Å². The van der Waals surface area contributed by atoms with Crippen molar-refractivity contribution in [3.8, 4) is 0 Å². The van der Waals surface area contributed by atoms with E-state index in [1.165, 1.54) is 11.3 Å². The molecule has 5 heteroatoms. The highest BCUT2D eigenvalue weighted by Gasteiger charge is 2.12. The van der Waals surface area contributed by atoms with Crippen molar-refractivity contribution in [2.24, 2.45) is 0 Å². The van der Waals surface area contributed by atoms with Crippen LogP contribution in [0.1, 0.15) is 17.4 Å². The first-order valence-corrected chi connectivity index (χ1v) is 6.37. The average molecular weight is 274 g/mol. The molecule has 1 atom stereocenters. The summed E-state index contributed by atoms with van der Waals surface area (Å²) in [5, 5.41) is 13.0. The molecule has 0 bridgehead atoms. The molecular weight excluding hydrogens is 265 g/mol. The molecule has 0 saturated carbocycles. The van der Waals surface area contributed by atoms with E-state index in [-0.39, 0.29) is 0 Å². The molecule has 0 aliphatic rings. The van der Waals surface area contributed by atoms with Crippen molar-refractivity contribution < 1.29 is 5.11 Å². The summed E-state index contributed by atoms with van der Waals surface area (Å²) >= 11 is 13.3. The highest BCUT2D eigenvalue weighted by Crippen LogP contribution is 2.25. The fraction of sp³-hybridized carbons (Fsp3) is 0.182. The first-order valence-electron chi connectivity index (χ1n) is 4.67. The number of nitrogens with zero attached hydrogens (tertiary/aromatic N) is 1. The maximum atomic E-state index is 9.92. The fourth-order valence-electron chi connectivity index (χ4n) is 1.40. The molecule has 0 aliphatic carbocycles. The van der Waals surface area contributed by atoms with E-state index in [0.717, 1.165) is 5.56 Å². The van der Waals surface area contributed by atoms with Crippen molar-refractivity contribution in [1.82, 2.24) is 4.98 Å². The van der Waals surface area contributed by atoms with Gasteiger partial charge in [0.05, 0.1) is 11.2 Å². The second-order valence-electron chi connectivity index (χ2n) is 3.37. The van der Waals surface area contributed by atoms with Crippen molar-refractivity contribution in [3.63, 3.8) is 0 Å². The summed E-state index contributed by atoms with van der Waals surface area (Å²) in [5.74, 6) is 0. The number of rotatable bonds is 3. The zero-order chi connectivity index (χ0) is 11.5. The van der Waals surface area contributed by atoms with E-state index in [1.807, 2.05) is 5.38 Å². The number of thiazole rings is 1. The molecule has 84 valence electrons. The standard InChI is InChI=1S/C11H9Cl2NOS/c12-8-1-2-9(13)7(3-8)4-11(15)10-5-16-6-14-10/h1-3,5-6,11,15H,4H2. The van der Waals surface area contributed by atoms with Gasteiger partial charge in [0.25, 0.3) is 0 Å². The van der Waals surface area contributed by atoms with Crippen molar-refractivity contribution in [1.29, 1.82) is 0 Å². The van der Waals surface area contributed by atoms with Crippen LogP contribution in [-0.2, 0) is 6.42 Å². The summed E-state index contributed by atoms with van der Waals surface area (Å²) in [4.78, 5) is 4.06. The lowest BCUT2D eigenvalue weighted by molar-refractivity contribution is 0.174. The smallest absolute Gasteiger partial charge is 0.101 e. The number of hydrogen-bond donors (Lipinski definition) is 1. The van der Waals surface area contributed by atoms with Crippen LogP contribution in [0.25, 0.3) is 0 Å². The molecule has 1 aromatic heterocycles. The Bertz CT molecular complexity index is 473. The number of benzene rings is 1. The predicted molar refractivity (Wildman–Crippen MR) is 67.2 cm³/mol. The first-order chi connectivity index (χ1) is 7.66. The lowest BCUT2D eigenvalue weighted by atomic mass is 10.1.